The lowest BCUT2D eigenvalue weighted by Crippen LogP contribution is -2.37. The van der Waals surface area contributed by atoms with Crippen LogP contribution in [-0.2, 0) is 11.2 Å². The summed E-state index contributed by atoms with van der Waals surface area (Å²) in [6, 6.07) is 9.06. The molecule has 1 fully saturated rings. The normalized spacial score (nSPS) is 17.5. The molecule has 1 aliphatic rings. The largest absolute Gasteiger partial charge is 0.472 e. The molecular weight excluding hydrogens is 316 g/mol. The van der Waals surface area contributed by atoms with Crippen molar-refractivity contribution in [3.63, 3.8) is 0 Å². The predicted octanol–water partition coefficient (Wildman–Crippen LogP) is 2.51. The molecule has 0 unspecified atom stereocenters. The second kappa shape index (κ2) is 6.87. The number of furan rings is 1. The van der Waals surface area contributed by atoms with E-state index < -0.39 is 0 Å². The predicted molar refractivity (Wildman–Crippen MR) is 86.3 cm³/mol. The molecule has 1 saturated heterocycles. The molecule has 0 radical (unpaired) electrons. The molecule has 5 nitrogen and oxygen atoms in total. The van der Waals surface area contributed by atoms with E-state index in [0.29, 0.717) is 30.1 Å². The fourth-order valence-corrected chi connectivity index (χ4v) is 2.92. The molecule has 2 amide bonds. The van der Waals surface area contributed by atoms with Crippen LogP contribution in [0.3, 0.4) is 0 Å². The average molecular weight is 333 g/mol. The highest BCUT2D eigenvalue weighted by molar-refractivity contribution is 6.30. The van der Waals surface area contributed by atoms with Gasteiger partial charge < -0.3 is 14.6 Å². The lowest BCUT2D eigenvalue weighted by molar-refractivity contribution is -0.127. The summed E-state index contributed by atoms with van der Waals surface area (Å²) in [6.45, 7) is 1.15. The fourth-order valence-electron chi connectivity index (χ4n) is 2.70. The number of rotatable bonds is 5. The Kier molecular flexibility index (Phi) is 4.67. The third kappa shape index (κ3) is 3.93. The van der Waals surface area contributed by atoms with Crippen LogP contribution in [0.5, 0.6) is 0 Å². The van der Waals surface area contributed by atoms with E-state index in [2.05, 4.69) is 5.32 Å². The summed E-state index contributed by atoms with van der Waals surface area (Å²) in [6.07, 6.45) is 3.92. The zero-order valence-corrected chi connectivity index (χ0v) is 13.3. The van der Waals surface area contributed by atoms with Gasteiger partial charge >= 0.3 is 0 Å². The van der Waals surface area contributed by atoms with Crippen molar-refractivity contribution in [3.8, 4) is 0 Å². The van der Waals surface area contributed by atoms with E-state index in [1.54, 1.807) is 11.0 Å². The van der Waals surface area contributed by atoms with Gasteiger partial charge in [-0.25, -0.2) is 0 Å². The number of carbonyl (C=O) groups is 2. The monoisotopic (exact) mass is 332 g/mol. The molecule has 23 heavy (non-hydrogen) atoms. The molecule has 0 saturated carbocycles. The Morgan fingerprint density at radius 2 is 2.26 bits per heavy atom. The highest BCUT2D eigenvalue weighted by Crippen LogP contribution is 2.15. The van der Waals surface area contributed by atoms with E-state index in [9.17, 15) is 9.59 Å². The molecule has 1 atom stereocenters. The SMILES string of the molecule is O=C(N[C@@H]1CC(=O)N(CCc2cccc(Cl)c2)C1)c1ccoc1. The van der Waals surface area contributed by atoms with Gasteiger partial charge in [0.05, 0.1) is 17.9 Å². The average Bonchev–Trinajstić information content (AvgIpc) is 3.15. The van der Waals surface area contributed by atoms with Crippen LogP contribution in [0.1, 0.15) is 22.3 Å². The van der Waals surface area contributed by atoms with E-state index in [4.69, 9.17) is 16.0 Å². The lowest BCUT2D eigenvalue weighted by atomic mass is 10.1. The van der Waals surface area contributed by atoms with Crippen molar-refractivity contribution in [1.82, 2.24) is 10.2 Å². The number of hydrogen-bond acceptors (Lipinski definition) is 3. The van der Waals surface area contributed by atoms with E-state index in [1.165, 1.54) is 12.5 Å². The molecule has 6 heteroatoms. The molecule has 1 N–H and O–H groups in total. The third-order valence-electron chi connectivity index (χ3n) is 3.89. The number of carbonyl (C=O) groups excluding carboxylic acids is 2. The summed E-state index contributed by atoms with van der Waals surface area (Å²) in [7, 11) is 0. The van der Waals surface area contributed by atoms with Crippen LogP contribution in [0.15, 0.2) is 47.3 Å². The van der Waals surface area contributed by atoms with Crippen LogP contribution < -0.4 is 5.32 Å². The van der Waals surface area contributed by atoms with Crippen molar-refractivity contribution in [2.75, 3.05) is 13.1 Å². The molecule has 0 aliphatic carbocycles. The minimum atomic E-state index is -0.215. The highest BCUT2D eigenvalue weighted by atomic mass is 35.5. The molecule has 120 valence electrons. The Hall–Kier alpha value is -2.27. The van der Waals surface area contributed by atoms with Crippen molar-refractivity contribution in [2.45, 2.75) is 18.9 Å². The summed E-state index contributed by atoms with van der Waals surface area (Å²) >= 11 is 5.96. The van der Waals surface area contributed by atoms with Crippen LogP contribution in [0.4, 0.5) is 0 Å². The molecule has 1 aliphatic heterocycles. The van der Waals surface area contributed by atoms with Gasteiger partial charge in [0.15, 0.2) is 0 Å². The number of halogens is 1. The van der Waals surface area contributed by atoms with E-state index in [0.717, 1.165) is 12.0 Å². The van der Waals surface area contributed by atoms with Crippen LogP contribution in [0, 0.1) is 0 Å². The van der Waals surface area contributed by atoms with Crippen molar-refractivity contribution in [3.05, 3.63) is 59.0 Å². The first-order chi connectivity index (χ1) is 11.1. The third-order valence-corrected chi connectivity index (χ3v) is 4.13. The zero-order valence-electron chi connectivity index (χ0n) is 12.5. The van der Waals surface area contributed by atoms with Gasteiger partial charge in [0, 0.05) is 24.5 Å². The van der Waals surface area contributed by atoms with Crippen LogP contribution in [-0.4, -0.2) is 35.8 Å². The highest BCUT2D eigenvalue weighted by Gasteiger charge is 2.30. The van der Waals surface area contributed by atoms with Crippen LogP contribution in [0.2, 0.25) is 5.02 Å². The van der Waals surface area contributed by atoms with E-state index in [-0.39, 0.29) is 17.9 Å². The zero-order chi connectivity index (χ0) is 16.2. The second-order valence-corrected chi connectivity index (χ2v) is 6.04. The summed E-state index contributed by atoms with van der Waals surface area (Å²) in [4.78, 5) is 25.8. The molecule has 2 heterocycles. The maximum atomic E-state index is 12.1. The standard InChI is InChI=1S/C17H17ClN2O3/c18-14-3-1-2-12(8-14)4-6-20-10-15(9-16(20)21)19-17(22)13-5-7-23-11-13/h1-3,5,7-8,11,15H,4,6,9-10H2,(H,19,22)/t15-/m1/s1. The fraction of sp³-hybridized carbons (Fsp3) is 0.294. The summed E-state index contributed by atoms with van der Waals surface area (Å²) in [5, 5.41) is 3.56. The first-order valence-corrected chi connectivity index (χ1v) is 7.85. The van der Waals surface area contributed by atoms with Gasteiger partial charge in [-0.05, 0) is 30.2 Å². The molecule has 1 aromatic carbocycles. The van der Waals surface area contributed by atoms with Crippen LogP contribution >= 0.6 is 11.6 Å². The summed E-state index contributed by atoms with van der Waals surface area (Å²) < 4.78 is 4.89. The summed E-state index contributed by atoms with van der Waals surface area (Å²) in [5.41, 5.74) is 1.56. The van der Waals surface area contributed by atoms with Gasteiger partial charge in [0.1, 0.15) is 6.26 Å². The number of hydrogen-bond donors (Lipinski definition) is 1. The Morgan fingerprint density at radius 1 is 1.39 bits per heavy atom. The van der Waals surface area contributed by atoms with Crippen LogP contribution in [0.25, 0.3) is 0 Å². The van der Waals surface area contributed by atoms with Gasteiger partial charge in [-0.2, -0.15) is 0 Å². The topological polar surface area (TPSA) is 62.6 Å². The van der Waals surface area contributed by atoms with Crippen molar-refractivity contribution < 1.29 is 14.0 Å². The Balaban J connectivity index is 1.52. The number of amides is 2. The number of benzene rings is 1. The van der Waals surface area contributed by atoms with Gasteiger partial charge in [0.2, 0.25) is 5.91 Å². The lowest BCUT2D eigenvalue weighted by Gasteiger charge is -2.17. The maximum absolute atomic E-state index is 12.1. The van der Waals surface area contributed by atoms with Gasteiger partial charge in [-0.15, -0.1) is 0 Å². The van der Waals surface area contributed by atoms with Crippen molar-refractivity contribution >= 4 is 23.4 Å². The van der Waals surface area contributed by atoms with Gasteiger partial charge in [-0.3, -0.25) is 9.59 Å². The molecule has 2 aromatic rings. The molecule has 3 rings (SSSR count). The number of nitrogens with zero attached hydrogens (tertiary/aromatic N) is 1. The first kappa shape index (κ1) is 15.6. The molecule has 0 spiro atoms. The first-order valence-electron chi connectivity index (χ1n) is 7.47. The maximum Gasteiger partial charge on any atom is 0.254 e. The number of likely N-dealkylation sites (tertiary alicyclic amines) is 1. The van der Waals surface area contributed by atoms with Gasteiger partial charge in [-0.1, -0.05) is 23.7 Å². The quantitative estimate of drug-likeness (QED) is 0.915. The molecule has 0 bridgehead atoms. The smallest absolute Gasteiger partial charge is 0.254 e. The Bertz CT molecular complexity index is 700. The van der Waals surface area contributed by atoms with Crippen molar-refractivity contribution in [1.29, 1.82) is 0 Å². The van der Waals surface area contributed by atoms with Gasteiger partial charge in [0.25, 0.3) is 5.91 Å². The number of nitrogens with one attached hydrogen (secondary N) is 1. The Labute approximate surface area is 139 Å². The van der Waals surface area contributed by atoms with Crippen molar-refractivity contribution in [2.24, 2.45) is 0 Å². The molecular formula is C17H17ClN2O3. The second-order valence-electron chi connectivity index (χ2n) is 5.61. The molecule has 1 aromatic heterocycles. The van der Waals surface area contributed by atoms with E-state index in [1.807, 2.05) is 24.3 Å². The Morgan fingerprint density at radius 3 is 3.00 bits per heavy atom. The minimum Gasteiger partial charge on any atom is -0.472 e. The summed E-state index contributed by atoms with van der Waals surface area (Å²) in [5.74, 6) is -0.155. The minimum absolute atomic E-state index is 0.0597. The van der Waals surface area contributed by atoms with E-state index >= 15 is 0 Å².